The van der Waals surface area contributed by atoms with Gasteiger partial charge in [0.1, 0.15) is 5.57 Å². The van der Waals surface area contributed by atoms with Crippen LogP contribution in [-0.4, -0.2) is 54.7 Å². The summed E-state index contributed by atoms with van der Waals surface area (Å²) in [5.41, 5.74) is 0.425. The minimum absolute atomic E-state index is 0.0276. The van der Waals surface area contributed by atoms with Gasteiger partial charge in [-0.25, -0.2) is 4.79 Å². The number of amides is 2. The van der Waals surface area contributed by atoms with Crippen molar-refractivity contribution in [3.8, 4) is 11.5 Å². The Labute approximate surface area is 181 Å². The van der Waals surface area contributed by atoms with Gasteiger partial charge in [0.2, 0.25) is 0 Å². The van der Waals surface area contributed by atoms with E-state index in [1.165, 1.54) is 24.2 Å². The Balaban J connectivity index is 2.42. The number of esters is 1. The largest absolute Gasteiger partial charge is 0.490 e. The molecule has 1 aliphatic heterocycles. The van der Waals surface area contributed by atoms with Crippen LogP contribution in [0.2, 0.25) is 0 Å². The second kappa shape index (κ2) is 10.2. The van der Waals surface area contributed by atoms with Gasteiger partial charge < -0.3 is 14.2 Å². The first kappa shape index (κ1) is 22.6. The highest BCUT2D eigenvalue weighted by Crippen LogP contribution is 2.37. The third-order valence-electron chi connectivity index (χ3n) is 3.70. The summed E-state index contributed by atoms with van der Waals surface area (Å²) in [6.45, 7) is 5.58. The Bertz CT molecular complexity index is 899. The number of nitrogens with zero attached hydrogens (tertiary/aromatic N) is 1. The van der Waals surface area contributed by atoms with E-state index in [-0.39, 0.29) is 23.8 Å². The van der Waals surface area contributed by atoms with Crippen molar-refractivity contribution in [2.45, 2.75) is 6.92 Å². The van der Waals surface area contributed by atoms with Crippen LogP contribution in [0.25, 0.3) is 6.08 Å². The number of hydrogen-bond donors (Lipinski definition) is 1. The molecule has 0 radical (unpaired) electrons. The molecule has 8 nitrogen and oxygen atoms in total. The van der Waals surface area contributed by atoms with Crippen LogP contribution in [0.1, 0.15) is 12.5 Å². The summed E-state index contributed by atoms with van der Waals surface area (Å²) in [4.78, 5) is 37.5. The van der Waals surface area contributed by atoms with Crippen molar-refractivity contribution in [3.05, 3.63) is 40.4 Å². The minimum Gasteiger partial charge on any atom is -0.490 e. The van der Waals surface area contributed by atoms with E-state index in [1.807, 2.05) is 0 Å². The zero-order valence-corrected chi connectivity index (χ0v) is 18.2. The molecule has 2 rings (SSSR count). The number of carbonyl (C=O) groups is 3. The molecule has 0 atom stereocenters. The van der Waals surface area contributed by atoms with Gasteiger partial charge in [-0.3, -0.25) is 19.8 Å². The Kier molecular flexibility index (Phi) is 7.91. The lowest BCUT2D eigenvalue weighted by atomic mass is 10.1. The van der Waals surface area contributed by atoms with Crippen LogP contribution >= 0.6 is 28.1 Å². The summed E-state index contributed by atoms with van der Waals surface area (Å²) in [5, 5.41) is 2.51. The van der Waals surface area contributed by atoms with Crippen molar-refractivity contribution in [2.75, 3.05) is 26.9 Å². The molecular formula is C19H19BrN2O6S. The highest BCUT2D eigenvalue weighted by atomic mass is 79.9. The van der Waals surface area contributed by atoms with Gasteiger partial charge in [0.05, 0.1) is 18.2 Å². The summed E-state index contributed by atoms with van der Waals surface area (Å²) in [5.74, 6) is -1.04. The van der Waals surface area contributed by atoms with Crippen molar-refractivity contribution >= 4 is 57.1 Å². The molecule has 1 aromatic rings. The molecule has 154 valence electrons. The van der Waals surface area contributed by atoms with Crippen LogP contribution < -0.4 is 14.8 Å². The van der Waals surface area contributed by atoms with Gasteiger partial charge in [-0.1, -0.05) is 6.08 Å². The fourth-order valence-corrected chi connectivity index (χ4v) is 3.24. The van der Waals surface area contributed by atoms with Gasteiger partial charge in [-0.2, -0.15) is 0 Å². The molecule has 2 amide bonds. The number of methoxy groups -OCH3 is 1. The predicted molar refractivity (Wildman–Crippen MR) is 113 cm³/mol. The number of carbonyl (C=O) groups excluding carboxylic acids is 3. The molecule has 0 spiro atoms. The maximum absolute atomic E-state index is 12.7. The average molecular weight is 483 g/mol. The maximum atomic E-state index is 12.7. The molecular weight excluding hydrogens is 464 g/mol. The van der Waals surface area contributed by atoms with Crippen LogP contribution in [-0.2, 0) is 19.1 Å². The van der Waals surface area contributed by atoms with E-state index < -0.39 is 17.8 Å². The summed E-state index contributed by atoms with van der Waals surface area (Å²) in [6, 6.07) is 3.23. The molecule has 29 heavy (non-hydrogen) atoms. The van der Waals surface area contributed by atoms with Gasteiger partial charge in [0.15, 0.2) is 23.2 Å². The molecule has 0 unspecified atom stereocenters. The smallest absolute Gasteiger partial charge is 0.343 e. The molecule has 1 aliphatic rings. The SMILES string of the molecule is C=CCN1C(=O)/C(=C/c2cc(Br)c(OCC(=O)OC)c(OCC)c2)C(=O)NC1=S. The Hall–Kier alpha value is -2.72. The molecule has 0 saturated carbocycles. The molecule has 1 saturated heterocycles. The van der Waals surface area contributed by atoms with E-state index in [0.29, 0.717) is 28.1 Å². The molecule has 1 N–H and O–H groups in total. The topological polar surface area (TPSA) is 94.2 Å². The van der Waals surface area contributed by atoms with E-state index in [0.717, 1.165) is 0 Å². The third kappa shape index (κ3) is 5.42. The number of nitrogens with one attached hydrogen (secondary N) is 1. The number of thiocarbonyl (C=S) groups is 1. The zero-order chi connectivity index (χ0) is 21.6. The zero-order valence-electron chi connectivity index (χ0n) is 15.8. The standard InChI is InChI=1S/C19H19BrN2O6S/c1-4-6-22-18(25)12(17(24)21-19(22)29)7-11-8-13(20)16(14(9-11)27-5-2)28-10-15(23)26-3/h4,7-9H,1,5-6,10H2,2-3H3,(H,21,24,29)/b12-7+. The molecule has 0 aliphatic carbocycles. The number of benzene rings is 1. The van der Waals surface area contributed by atoms with Gasteiger partial charge in [-0.05, 0) is 58.8 Å². The predicted octanol–water partition coefficient (Wildman–Crippen LogP) is 2.21. The van der Waals surface area contributed by atoms with Crippen molar-refractivity contribution in [3.63, 3.8) is 0 Å². The number of ether oxygens (including phenoxy) is 3. The fraction of sp³-hybridized carbons (Fsp3) is 0.263. The Morgan fingerprint density at radius 2 is 2.07 bits per heavy atom. The van der Waals surface area contributed by atoms with Crippen LogP contribution in [0.3, 0.4) is 0 Å². The first-order valence-corrected chi connectivity index (χ1v) is 9.68. The lowest BCUT2D eigenvalue weighted by Gasteiger charge is -2.27. The van der Waals surface area contributed by atoms with Crippen molar-refractivity contribution < 1.29 is 28.6 Å². The number of rotatable bonds is 8. The summed E-state index contributed by atoms with van der Waals surface area (Å²) >= 11 is 8.40. The number of hydrogen-bond acceptors (Lipinski definition) is 7. The van der Waals surface area contributed by atoms with Gasteiger partial charge in [-0.15, -0.1) is 6.58 Å². The van der Waals surface area contributed by atoms with Crippen LogP contribution in [0.4, 0.5) is 0 Å². The van der Waals surface area contributed by atoms with Gasteiger partial charge in [0.25, 0.3) is 11.8 Å². The number of halogens is 1. The summed E-state index contributed by atoms with van der Waals surface area (Å²) in [7, 11) is 1.26. The summed E-state index contributed by atoms with van der Waals surface area (Å²) in [6.07, 6.45) is 2.93. The first-order chi connectivity index (χ1) is 13.8. The average Bonchev–Trinajstić information content (AvgIpc) is 2.67. The van der Waals surface area contributed by atoms with Crippen LogP contribution in [0, 0.1) is 0 Å². The highest BCUT2D eigenvalue weighted by molar-refractivity contribution is 9.10. The van der Waals surface area contributed by atoms with Crippen molar-refractivity contribution in [1.29, 1.82) is 0 Å². The minimum atomic E-state index is -0.597. The normalized spacial score (nSPS) is 15.2. The van der Waals surface area contributed by atoms with Crippen LogP contribution in [0.15, 0.2) is 34.8 Å². The van der Waals surface area contributed by atoms with Crippen LogP contribution in [0.5, 0.6) is 11.5 Å². The maximum Gasteiger partial charge on any atom is 0.343 e. The first-order valence-electron chi connectivity index (χ1n) is 8.48. The third-order valence-corrected chi connectivity index (χ3v) is 4.61. The highest BCUT2D eigenvalue weighted by Gasteiger charge is 2.32. The van der Waals surface area contributed by atoms with Crippen molar-refractivity contribution in [1.82, 2.24) is 10.2 Å². The lowest BCUT2D eigenvalue weighted by molar-refractivity contribution is -0.143. The van der Waals surface area contributed by atoms with Gasteiger partial charge in [0, 0.05) is 6.54 Å². The van der Waals surface area contributed by atoms with E-state index in [9.17, 15) is 14.4 Å². The summed E-state index contributed by atoms with van der Waals surface area (Å²) < 4.78 is 16.1. The monoisotopic (exact) mass is 482 g/mol. The quantitative estimate of drug-likeness (QED) is 0.199. The molecule has 1 heterocycles. The Morgan fingerprint density at radius 3 is 2.69 bits per heavy atom. The molecule has 1 fully saturated rings. The lowest BCUT2D eigenvalue weighted by Crippen LogP contribution is -2.53. The van der Waals surface area contributed by atoms with E-state index in [4.69, 9.17) is 21.7 Å². The molecule has 0 aromatic heterocycles. The van der Waals surface area contributed by atoms with Crippen molar-refractivity contribution in [2.24, 2.45) is 0 Å². The van der Waals surface area contributed by atoms with Gasteiger partial charge >= 0.3 is 5.97 Å². The fourth-order valence-electron chi connectivity index (χ4n) is 2.42. The van der Waals surface area contributed by atoms with E-state index >= 15 is 0 Å². The van der Waals surface area contributed by atoms with E-state index in [1.54, 1.807) is 19.1 Å². The Morgan fingerprint density at radius 1 is 1.34 bits per heavy atom. The van der Waals surface area contributed by atoms with E-state index in [2.05, 4.69) is 32.6 Å². The second-order valence-corrected chi connectivity index (χ2v) is 6.89. The molecule has 1 aromatic carbocycles. The second-order valence-electron chi connectivity index (χ2n) is 5.65. The molecule has 10 heteroatoms. The molecule has 0 bridgehead atoms.